The Hall–Kier alpha value is -5.96. The molecule has 1 aliphatic carbocycles. The average molecular weight is 1020 g/mol. The molecule has 12 heteroatoms. The van der Waals surface area contributed by atoms with E-state index in [1.165, 1.54) is 149 Å². The lowest BCUT2D eigenvalue weighted by Crippen LogP contribution is -2.25. The molecule has 0 fully saturated rings. The summed E-state index contributed by atoms with van der Waals surface area (Å²) in [4.78, 5) is 35.9. The Labute approximate surface area is 427 Å². The average Bonchev–Trinajstić information content (AvgIpc) is 4.22. The van der Waals surface area contributed by atoms with Crippen LogP contribution in [0.1, 0.15) is 98.9 Å². The van der Waals surface area contributed by atoms with E-state index in [9.17, 15) is 30.3 Å². The van der Waals surface area contributed by atoms with E-state index in [1.54, 1.807) is 34.8 Å². The summed E-state index contributed by atoms with van der Waals surface area (Å²) in [5, 5.41) is 37.1. The van der Waals surface area contributed by atoms with Crippen molar-refractivity contribution in [3.05, 3.63) is 141 Å². The van der Waals surface area contributed by atoms with E-state index in [0.717, 1.165) is 42.1 Å². The van der Waals surface area contributed by atoms with E-state index in [1.807, 2.05) is 46.9 Å². The van der Waals surface area contributed by atoms with Crippen LogP contribution in [0.3, 0.4) is 0 Å². The number of thiophene rings is 6. The first-order valence-electron chi connectivity index (χ1n) is 23.2. The van der Waals surface area contributed by atoms with Crippen molar-refractivity contribution in [3.8, 4) is 83.2 Å². The third kappa shape index (κ3) is 10.2. The van der Waals surface area contributed by atoms with Gasteiger partial charge in [-0.2, -0.15) is 10.5 Å². The second-order valence-electron chi connectivity index (χ2n) is 17.2. The number of rotatable bonds is 20. The monoisotopic (exact) mass is 1020 g/mol. The summed E-state index contributed by atoms with van der Waals surface area (Å²) in [6, 6.07) is 43.3. The fraction of sp³-hybridized carbons (Fsp3) is 0.228. The minimum Gasteiger partial charge on any atom is -0.477 e. The Bertz CT molecular complexity index is 3110. The highest BCUT2D eigenvalue weighted by atomic mass is 32.1. The van der Waals surface area contributed by atoms with Crippen LogP contribution >= 0.6 is 68.0 Å². The molecular weight excluding hydrogens is 969 g/mol. The second-order valence-corrected chi connectivity index (χ2v) is 23.8. The van der Waals surface area contributed by atoms with Crippen LogP contribution in [0.2, 0.25) is 0 Å². The SMILES string of the molecule is CCCCCCC1(CCCCCC)c2cc(-c3ccc(-c4ccc(-c5ccc(/C=C(/C#N)C(=O)O)s5)s4)s3)ccc2-c2ccc(-c3ccc(-c4ccc(-c5ccc(/C=C(/C#N)C(=O)O)s5)s4)s3)cc21. The molecule has 6 aromatic heterocycles. The van der Waals surface area contributed by atoms with Gasteiger partial charge in [-0.15, -0.1) is 68.0 Å². The molecule has 6 heterocycles. The molecule has 0 aliphatic heterocycles. The molecule has 6 nitrogen and oxygen atoms in total. The smallest absolute Gasteiger partial charge is 0.346 e. The summed E-state index contributed by atoms with van der Waals surface area (Å²) in [5.41, 5.74) is 7.52. The topological polar surface area (TPSA) is 122 Å². The summed E-state index contributed by atoms with van der Waals surface area (Å²) in [6.07, 6.45) is 14.8. The molecule has 0 unspecified atom stereocenters. The van der Waals surface area contributed by atoms with E-state index >= 15 is 0 Å². The number of nitriles is 2. The number of hydrogen-bond acceptors (Lipinski definition) is 10. The highest BCUT2D eigenvalue weighted by Gasteiger charge is 2.43. The standard InChI is InChI=1S/C57H48N2O4S6/c1-3-5-7-9-27-57(28-10-8-6-4-2)43-31-35(45-19-21-51(66-45)53-25-23-49(68-53)47-17-13-39(64-47)29-37(33-58)55(60)61)11-15-41(43)42-16-12-36(32-44(42)57)46-20-22-52(67-46)54-26-24-50(69-54)48-18-14-40(65-48)30-38(34-59)56(62)63/h11-26,29-32H,3-10,27-28H2,1-2H3,(H,60,61)(H,62,63)/b37-29-,38-30-. The van der Waals surface area contributed by atoms with E-state index in [2.05, 4.69) is 98.8 Å². The van der Waals surface area contributed by atoms with Crippen molar-refractivity contribution in [1.29, 1.82) is 10.5 Å². The zero-order chi connectivity index (χ0) is 48.1. The van der Waals surface area contributed by atoms with Gasteiger partial charge < -0.3 is 10.2 Å². The van der Waals surface area contributed by atoms with E-state index in [-0.39, 0.29) is 16.6 Å². The molecule has 9 rings (SSSR count). The van der Waals surface area contributed by atoms with Crippen molar-refractivity contribution in [3.63, 3.8) is 0 Å². The minimum absolute atomic E-state index is 0.0932. The quantitative estimate of drug-likeness (QED) is 0.0445. The van der Waals surface area contributed by atoms with Gasteiger partial charge in [0.1, 0.15) is 23.3 Å². The predicted molar refractivity (Wildman–Crippen MR) is 293 cm³/mol. The Morgan fingerprint density at radius 1 is 0.464 bits per heavy atom. The summed E-state index contributed by atoms with van der Waals surface area (Å²) >= 11 is 10.1. The normalized spacial score (nSPS) is 13.0. The highest BCUT2D eigenvalue weighted by Crippen LogP contribution is 2.57. The summed E-state index contributed by atoms with van der Waals surface area (Å²) in [7, 11) is 0. The van der Waals surface area contributed by atoms with Gasteiger partial charge in [0.25, 0.3) is 0 Å². The maximum absolute atomic E-state index is 11.4. The Morgan fingerprint density at radius 2 is 0.797 bits per heavy atom. The first kappa shape index (κ1) is 48.1. The molecule has 69 heavy (non-hydrogen) atoms. The van der Waals surface area contributed by atoms with Crippen molar-refractivity contribution in [2.45, 2.75) is 83.5 Å². The van der Waals surface area contributed by atoms with Crippen LogP contribution in [0.4, 0.5) is 0 Å². The van der Waals surface area contributed by atoms with Crippen molar-refractivity contribution in [2.75, 3.05) is 0 Å². The van der Waals surface area contributed by atoms with Crippen LogP contribution in [-0.2, 0) is 15.0 Å². The van der Waals surface area contributed by atoms with Crippen LogP contribution in [0, 0.1) is 22.7 Å². The van der Waals surface area contributed by atoms with Crippen LogP contribution < -0.4 is 0 Å². The lowest BCUT2D eigenvalue weighted by Gasteiger charge is -2.33. The fourth-order valence-electron chi connectivity index (χ4n) is 9.32. The molecule has 2 aromatic carbocycles. The Kier molecular flexibility index (Phi) is 14.9. The van der Waals surface area contributed by atoms with Gasteiger partial charge in [-0.3, -0.25) is 0 Å². The molecule has 8 aromatic rings. The Balaban J connectivity index is 1.02. The Morgan fingerprint density at radius 3 is 1.14 bits per heavy atom. The van der Waals surface area contributed by atoms with Gasteiger partial charge in [0.2, 0.25) is 0 Å². The molecule has 0 amide bonds. The van der Waals surface area contributed by atoms with Crippen molar-refractivity contribution < 1.29 is 19.8 Å². The third-order valence-corrected chi connectivity index (χ3v) is 20.1. The van der Waals surface area contributed by atoms with Gasteiger partial charge >= 0.3 is 11.9 Å². The zero-order valence-corrected chi connectivity index (χ0v) is 43.1. The maximum atomic E-state index is 11.4. The van der Waals surface area contributed by atoms with Gasteiger partial charge in [-0.1, -0.05) is 89.5 Å². The van der Waals surface area contributed by atoms with Crippen LogP contribution in [-0.4, -0.2) is 22.2 Å². The van der Waals surface area contributed by atoms with Crippen LogP contribution in [0.15, 0.2) is 120 Å². The molecular formula is C57H48N2O4S6. The number of benzene rings is 2. The first-order valence-corrected chi connectivity index (χ1v) is 28.1. The molecule has 0 atom stereocenters. The van der Waals surface area contributed by atoms with Gasteiger partial charge in [-0.25, -0.2) is 9.59 Å². The minimum atomic E-state index is -1.22. The largest absolute Gasteiger partial charge is 0.477 e. The van der Waals surface area contributed by atoms with Crippen LogP contribution in [0.5, 0.6) is 0 Å². The van der Waals surface area contributed by atoms with Crippen molar-refractivity contribution in [1.82, 2.24) is 0 Å². The third-order valence-electron chi connectivity index (χ3n) is 12.8. The molecule has 346 valence electrons. The number of fused-ring (bicyclic) bond motifs is 3. The van der Waals surface area contributed by atoms with Crippen LogP contribution in [0.25, 0.3) is 83.2 Å². The van der Waals surface area contributed by atoms with Crippen molar-refractivity contribution in [2.24, 2.45) is 0 Å². The maximum Gasteiger partial charge on any atom is 0.346 e. The number of carboxylic acid groups (broad SMARTS) is 2. The summed E-state index contributed by atoms with van der Waals surface area (Å²) < 4.78 is 0. The number of carbonyl (C=O) groups is 2. The highest BCUT2D eigenvalue weighted by molar-refractivity contribution is 7.28. The molecule has 0 radical (unpaired) electrons. The molecule has 0 saturated heterocycles. The number of nitrogens with zero attached hydrogens (tertiary/aromatic N) is 2. The van der Waals surface area contributed by atoms with E-state index in [0.29, 0.717) is 0 Å². The number of aliphatic carboxylic acids is 2. The van der Waals surface area contributed by atoms with Gasteiger partial charge in [0.15, 0.2) is 0 Å². The predicted octanol–water partition coefficient (Wildman–Crippen LogP) is 18.2. The zero-order valence-electron chi connectivity index (χ0n) is 38.2. The van der Waals surface area contributed by atoms with E-state index < -0.39 is 11.9 Å². The summed E-state index contributed by atoms with van der Waals surface area (Å²) in [6.45, 7) is 4.58. The van der Waals surface area contributed by atoms with Gasteiger partial charge in [0.05, 0.1) is 0 Å². The molecule has 0 spiro atoms. The first-order chi connectivity index (χ1) is 33.6. The van der Waals surface area contributed by atoms with Crippen molar-refractivity contribution >= 4 is 92.1 Å². The second kappa shape index (κ2) is 21.4. The van der Waals surface area contributed by atoms with Gasteiger partial charge in [-0.05, 0) is 143 Å². The number of unbranched alkanes of at least 4 members (excludes halogenated alkanes) is 6. The lowest BCUT2D eigenvalue weighted by atomic mass is 9.70. The molecule has 2 N–H and O–H groups in total. The molecule has 0 saturated carbocycles. The van der Waals surface area contributed by atoms with E-state index in [4.69, 9.17) is 0 Å². The molecule has 1 aliphatic rings. The van der Waals surface area contributed by atoms with Gasteiger partial charge in [0, 0.05) is 63.9 Å². The number of carboxylic acids is 2. The fourth-order valence-corrected chi connectivity index (χ4v) is 15.6. The summed E-state index contributed by atoms with van der Waals surface area (Å²) in [5.74, 6) is -2.44. The molecule has 0 bridgehead atoms. The lowest BCUT2D eigenvalue weighted by molar-refractivity contribution is -0.133. The number of hydrogen-bond donors (Lipinski definition) is 2.